The monoisotopic (exact) mass is 575 g/mol. The predicted molar refractivity (Wildman–Crippen MR) is 171 cm³/mol. The van der Waals surface area contributed by atoms with Crippen LogP contribution in [-0.2, 0) is 4.79 Å². The lowest BCUT2D eigenvalue weighted by molar-refractivity contribution is -0.115. The molecule has 1 aliphatic carbocycles. The molecule has 204 valence electrons. The fourth-order valence-corrected chi connectivity index (χ4v) is 7.28. The van der Waals surface area contributed by atoms with Crippen molar-refractivity contribution in [2.24, 2.45) is 0 Å². The number of rotatable bonds is 6. The first-order valence-corrected chi connectivity index (χ1v) is 15.2. The van der Waals surface area contributed by atoms with Gasteiger partial charge in [0.2, 0.25) is 5.91 Å². The highest BCUT2D eigenvalue weighted by Crippen LogP contribution is 2.44. The Bertz CT molecular complexity index is 1620. The van der Waals surface area contributed by atoms with Crippen LogP contribution in [0.1, 0.15) is 16.4 Å². The van der Waals surface area contributed by atoms with E-state index in [9.17, 15) is 9.59 Å². The van der Waals surface area contributed by atoms with E-state index in [0.29, 0.717) is 5.69 Å². The van der Waals surface area contributed by atoms with Gasteiger partial charge in [-0.05, 0) is 55.0 Å². The number of carbonyl (C=O) groups excluding carboxylic acids is 2. The van der Waals surface area contributed by atoms with Gasteiger partial charge >= 0.3 is 6.03 Å². The van der Waals surface area contributed by atoms with Gasteiger partial charge in [-0.15, -0.1) is 23.5 Å². The summed E-state index contributed by atoms with van der Waals surface area (Å²) in [6.07, 6.45) is 8.26. The quantitative estimate of drug-likeness (QED) is 0.226. The number of nitrogens with zero attached hydrogens (tertiary/aromatic N) is 1. The highest BCUT2D eigenvalue weighted by atomic mass is 32.2. The third-order valence-corrected chi connectivity index (χ3v) is 9.52. The molecule has 4 aromatic carbocycles. The summed E-state index contributed by atoms with van der Waals surface area (Å²) in [5.41, 5.74) is 4.37. The van der Waals surface area contributed by atoms with Gasteiger partial charge in [0.1, 0.15) is 5.25 Å². The summed E-state index contributed by atoms with van der Waals surface area (Å²) in [5.74, 6) is -0.106. The highest BCUT2D eigenvalue weighted by Gasteiger charge is 2.36. The summed E-state index contributed by atoms with van der Waals surface area (Å²) in [4.78, 5) is 31.1. The zero-order valence-electron chi connectivity index (χ0n) is 22.4. The van der Waals surface area contributed by atoms with Crippen LogP contribution >= 0.6 is 23.5 Å². The van der Waals surface area contributed by atoms with Crippen LogP contribution in [0.2, 0.25) is 0 Å². The minimum absolute atomic E-state index is 0.0783. The Labute approximate surface area is 248 Å². The number of aryl methyl sites for hydroxylation is 1. The van der Waals surface area contributed by atoms with Gasteiger partial charge in [0.25, 0.3) is 0 Å². The maximum atomic E-state index is 13.8. The summed E-state index contributed by atoms with van der Waals surface area (Å²) < 4.78 is 0. The van der Waals surface area contributed by atoms with Crippen molar-refractivity contribution < 1.29 is 9.59 Å². The molecule has 1 heterocycles. The Hall–Kier alpha value is -4.20. The average Bonchev–Trinajstić information content (AvgIpc) is 3.00. The number of amides is 3. The molecular weight excluding hydrogens is 547 g/mol. The molecule has 0 fully saturated rings. The third kappa shape index (κ3) is 6.11. The van der Waals surface area contributed by atoms with Crippen molar-refractivity contribution in [1.82, 2.24) is 0 Å². The molecule has 0 aromatic heterocycles. The minimum atomic E-state index is -0.477. The van der Waals surface area contributed by atoms with Crippen LogP contribution in [0, 0.1) is 6.92 Å². The largest absolute Gasteiger partial charge is 0.326 e. The van der Waals surface area contributed by atoms with Crippen LogP contribution < -0.4 is 15.5 Å². The predicted octanol–water partition coefficient (Wildman–Crippen LogP) is 8.47. The molecule has 0 radical (unpaired) electrons. The van der Waals surface area contributed by atoms with Crippen LogP contribution in [-0.4, -0.2) is 23.2 Å². The maximum Gasteiger partial charge on any atom is 0.326 e. The van der Waals surface area contributed by atoms with E-state index < -0.39 is 5.25 Å². The number of fused-ring (bicyclic) bond motifs is 2. The summed E-state index contributed by atoms with van der Waals surface area (Å²) >= 11 is 3.23. The van der Waals surface area contributed by atoms with E-state index in [0.717, 1.165) is 32.3 Å². The molecule has 4 aromatic rings. The molecule has 3 atom stereocenters. The van der Waals surface area contributed by atoms with Crippen LogP contribution in [0.25, 0.3) is 0 Å². The Kier molecular flexibility index (Phi) is 7.98. The molecule has 41 heavy (non-hydrogen) atoms. The van der Waals surface area contributed by atoms with Gasteiger partial charge < -0.3 is 10.6 Å². The van der Waals surface area contributed by atoms with E-state index in [4.69, 9.17) is 0 Å². The van der Waals surface area contributed by atoms with Crippen LogP contribution in [0.4, 0.5) is 21.9 Å². The second-order valence-electron chi connectivity index (χ2n) is 9.90. The summed E-state index contributed by atoms with van der Waals surface area (Å²) in [6.45, 7) is 2.02. The molecule has 0 bridgehead atoms. The molecular formula is C34H29N3O2S2. The first kappa shape index (κ1) is 27.0. The smallest absolute Gasteiger partial charge is 0.325 e. The SMILES string of the molecule is Cc1ccc(NC(=O)C(Sc2cccc(NC(=O)N3c4ccccc4SC4C=CC=CC43)c2)c2ccccc2)cc1. The topological polar surface area (TPSA) is 61.4 Å². The number of para-hydroxylation sites is 1. The number of carbonyl (C=O) groups is 2. The molecule has 3 unspecified atom stereocenters. The number of nitrogens with one attached hydrogen (secondary N) is 2. The molecule has 6 rings (SSSR count). The molecule has 2 N–H and O–H groups in total. The van der Waals surface area contributed by atoms with Gasteiger partial charge in [-0.3, -0.25) is 9.69 Å². The van der Waals surface area contributed by atoms with Gasteiger partial charge in [-0.1, -0.05) is 90.5 Å². The second kappa shape index (κ2) is 12.1. The maximum absolute atomic E-state index is 13.8. The van der Waals surface area contributed by atoms with Gasteiger partial charge in [0.05, 0.1) is 17.0 Å². The standard InChI is InChI=1S/C34H29N3O2S2/c1-23-18-20-25(21-19-23)35-33(38)32(24-10-3-2-4-11-24)40-27-13-9-12-26(22-27)36-34(39)37-28-14-5-7-16-30(28)41-31-17-8-6-15-29(31)37/h2-22,28,30,32H,1H3,(H,35,38)(H,36,39). The van der Waals surface area contributed by atoms with Crippen molar-refractivity contribution in [2.75, 3.05) is 15.5 Å². The van der Waals surface area contributed by atoms with Crippen molar-refractivity contribution in [1.29, 1.82) is 0 Å². The number of urea groups is 1. The number of anilines is 3. The number of thioether (sulfide) groups is 2. The fraction of sp³-hybridized carbons (Fsp3) is 0.118. The number of benzene rings is 4. The van der Waals surface area contributed by atoms with Crippen molar-refractivity contribution in [3.63, 3.8) is 0 Å². The summed E-state index contributed by atoms with van der Waals surface area (Å²) in [7, 11) is 0. The highest BCUT2D eigenvalue weighted by molar-refractivity contribution is 8.00. The third-order valence-electron chi connectivity index (χ3n) is 6.96. The normalized spacial score (nSPS) is 17.7. The van der Waals surface area contributed by atoms with Crippen molar-refractivity contribution >= 4 is 52.5 Å². The van der Waals surface area contributed by atoms with Crippen molar-refractivity contribution in [3.05, 3.63) is 139 Å². The molecule has 0 spiro atoms. The lowest BCUT2D eigenvalue weighted by Gasteiger charge is -2.40. The summed E-state index contributed by atoms with van der Waals surface area (Å²) in [6, 6.07) is 33.0. The first-order valence-electron chi connectivity index (χ1n) is 13.5. The van der Waals surface area contributed by atoms with Gasteiger partial charge in [0, 0.05) is 21.2 Å². The number of hydrogen-bond acceptors (Lipinski definition) is 4. The molecule has 0 saturated heterocycles. The van der Waals surface area contributed by atoms with Gasteiger partial charge in [-0.25, -0.2) is 4.79 Å². The van der Waals surface area contributed by atoms with Gasteiger partial charge in [0.15, 0.2) is 0 Å². The Morgan fingerprint density at radius 3 is 2.39 bits per heavy atom. The molecule has 5 nitrogen and oxygen atoms in total. The van der Waals surface area contributed by atoms with Crippen LogP contribution in [0.5, 0.6) is 0 Å². The fourth-order valence-electron chi connectivity index (χ4n) is 4.94. The van der Waals surface area contributed by atoms with Crippen molar-refractivity contribution in [3.8, 4) is 0 Å². The zero-order valence-corrected chi connectivity index (χ0v) is 24.1. The molecule has 3 amide bonds. The molecule has 1 aliphatic heterocycles. The molecule has 7 heteroatoms. The van der Waals surface area contributed by atoms with E-state index in [1.54, 1.807) is 11.8 Å². The van der Waals surface area contributed by atoms with Gasteiger partial charge in [-0.2, -0.15) is 0 Å². The lowest BCUT2D eigenvalue weighted by atomic mass is 10.1. The first-order chi connectivity index (χ1) is 20.0. The summed E-state index contributed by atoms with van der Waals surface area (Å²) in [5, 5.41) is 5.86. The minimum Gasteiger partial charge on any atom is -0.325 e. The zero-order chi connectivity index (χ0) is 28.2. The van der Waals surface area contributed by atoms with Crippen LogP contribution in [0.3, 0.4) is 0 Å². The number of allylic oxidation sites excluding steroid dienone is 2. The average molecular weight is 576 g/mol. The van der Waals surface area contributed by atoms with E-state index >= 15 is 0 Å². The van der Waals surface area contributed by atoms with E-state index in [1.807, 2.05) is 121 Å². The second-order valence-corrected chi connectivity index (χ2v) is 12.3. The molecule has 2 aliphatic rings. The van der Waals surface area contributed by atoms with E-state index in [-0.39, 0.29) is 23.2 Å². The number of hydrogen-bond donors (Lipinski definition) is 2. The Balaban J connectivity index is 1.23. The van der Waals surface area contributed by atoms with Crippen molar-refractivity contribution in [2.45, 2.75) is 33.3 Å². The molecule has 0 saturated carbocycles. The Morgan fingerprint density at radius 1 is 0.805 bits per heavy atom. The van der Waals surface area contributed by atoms with Crippen LogP contribution in [0.15, 0.2) is 137 Å². The Morgan fingerprint density at radius 2 is 1.56 bits per heavy atom. The lowest BCUT2D eigenvalue weighted by Crippen LogP contribution is -2.49. The van der Waals surface area contributed by atoms with E-state index in [1.165, 1.54) is 11.8 Å². The van der Waals surface area contributed by atoms with E-state index in [2.05, 4.69) is 28.9 Å².